The van der Waals surface area contributed by atoms with E-state index in [-0.39, 0.29) is 11.7 Å². The van der Waals surface area contributed by atoms with Gasteiger partial charge in [0.15, 0.2) is 5.16 Å². The fourth-order valence-corrected chi connectivity index (χ4v) is 2.58. The Hall–Kier alpha value is -1.28. The van der Waals surface area contributed by atoms with Crippen LogP contribution in [-0.4, -0.2) is 43.7 Å². The molecule has 3 N–H and O–H groups in total. The molecule has 0 amide bonds. The first-order chi connectivity index (χ1) is 8.95. The Bertz CT molecular complexity index is 469. The van der Waals surface area contributed by atoms with Crippen molar-refractivity contribution in [2.75, 3.05) is 5.75 Å². The van der Waals surface area contributed by atoms with Crippen LogP contribution >= 0.6 is 11.8 Å². The van der Waals surface area contributed by atoms with Crippen LogP contribution in [0.15, 0.2) is 9.95 Å². The lowest BCUT2D eigenvalue weighted by Gasteiger charge is -2.16. The number of H-pyrrole nitrogens is 1. The van der Waals surface area contributed by atoms with E-state index in [1.807, 2.05) is 20.8 Å². The summed E-state index contributed by atoms with van der Waals surface area (Å²) >= 11 is 1.26. The number of thioether (sulfide) groups is 1. The Kier molecular flexibility index (Phi) is 6.10. The van der Waals surface area contributed by atoms with Crippen LogP contribution in [0.4, 0.5) is 0 Å². The van der Waals surface area contributed by atoms with E-state index < -0.39 is 12.0 Å². The Morgan fingerprint density at radius 2 is 2.26 bits per heavy atom. The van der Waals surface area contributed by atoms with Crippen LogP contribution in [-0.2, 0) is 11.3 Å². The van der Waals surface area contributed by atoms with Gasteiger partial charge in [-0.05, 0) is 6.42 Å². The molecule has 1 unspecified atom stereocenters. The molecule has 0 radical (unpaired) electrons. The highest BCUT2D eigenvalue weighted by Gasteiger charge is 2.20. The predicted molar refractivity (Wildman–Crippen MR) is 73.6 cm³/mol. The lowest BCUT2D eigenvalue weighted by Crippen LogP contribution is -2.42. The van der Waals surface area contributed by atoms with E-state index in [2.05, 4.69) is 15.5 Å². The van der Waals surface area contributed by atoms with Gasteiger partial charge in [-0.3, -0.25) is 9.36 Å². The normalized spacial score (nSPS) is 12.8. The molecule has 1 heterocycles. The summed E-state index contributed by atoms with van der Waals surface area (Å²) in [6.45, 7) is 6.32. The van der Waals surface area contributed by atoms with Crippen molar-refractivity contribution >= 4 is 17.7 Å². The molecule has 1 rings (SSSR count). The van der Waals surface area contributed by atoms with Gasteiger partial charge in [-0.2, -0.15) is 0 Å². The van der Waals surface area contributed by atoms with Crippen molar-refractivity contribution in [2.45, 2.75) is 51.0 Å². The maximum absolute atomic E-state index is 11.5. The van der Waals surface area contributed by atoms with Crippen molar-refractivity contribution in [3.63, 3.8) is 0 Å². The van der Waals surface area contributed by atoms with Crippen molar-refractivity contribution < 1.29 is 9.90 Å². The minimum atomic E-state index is -0.902. The molecule has 0 bridgehead atoms. The quantitative estimate of drug-likeness (QED) is 0.603. The summed E-state index contributed by atoms with van der Waals surface area (Å²) in [6, 6.07) is -0.578. The zero-order chi connectivity index (χ0) is 14.4. The lowest BCUT2D eigenvalue weighted by molar-refractivity contribution is -0.139. The van der Waals surface area contributed by atoms with Crippen LogP contribution in [0.5, 0.6) is 0 Å². The Labute approximate surface area is 115 Å². The largest absolute Gasteiger partial charge is 0.480 e. The molecule has 0 saturated heterocycles. The molecule has 0 spiro atoms. The molecule has 7 nitrogen and oxygen atoms in total. The van der Waals surface area contributed by atoms with Gasteiger partial charge in [-0.15, -0.1) is 5.10 Å². The topological polar surface area (TPSA) is 100 Å². The third kappa shape index (κ3) is 4.71. The molecular weight excluding hydrogens is 268 g/mol. The van der Waals surface area contributed by atoms with Crippen LogP contribution in [0.1, 0.15) is 27.2 Å². The van der Waals surface area contributed by atoms with E-state index >= 15 is 0 Å². The van der Waals surface area contributed by atoms with Gasteiger partial charge >= 0.3 is 11.7 Å². The summed E-state index contributed by atoms with van der Waals surface area (Å²) in [6.07, 6.45) is 0.819. The number of carboxylic acids is 1. The lowest BCUT2D eigenvalue weighted by atomic mass is 10.3. The van der Waals surface area contributed by atoms with Gasteiger partial charge in [0.25, 0.3) is 0 Å². The van der Waals surface area contributed by atoms with Gasteiger partial charge in [0.2, 0.25) is 0 Å². The smallest absolute Gasteiger partial charge is 0.343 e. The van der Waals surface area contributed by atoms with Gasteiger partial charge in [-0.25, -0.2) is 9.89 Å². The molecular formula is C11H20N4O3S. The number of hydrogen-bond donors (Lipinski definition) is 3. The van der Waals surface area contributed by atoms with Crippen LogP contribution < -0.4 is 11.0 Å². The third-order valence-electron chi connectivity index (χ3n) is 2.38. The van der Waals surface area contributed by atoms with Crippen LogP contribution in [0, 0.1) is 0 Å². The molecule has 0 aromatic carbocycles. The molecule has 1 aromatic heterocycles. The number of hydrogen-bond acceptors (Lipinski definition) is 5. The molecule has 0 aliphatic carbocycles. The minimum Gasteiger partial charge on any atom is -0.480 e. The van der Waals surface area contributed by atoms with Crippen LogP contribution in [0.2, 0.25) is 0 Å². The Morgan fingerprint density at radius 1 is 1.58 bits per heavy atom. The molecule has 0 saturated carbocycles. The number of carboxylic acid groups (broad SMARTS) is 1. The average molecular weight is 288 g/mol. The highest BCUT2D eigenvalue weighted by molar-refractivity contribution is 7.99. The van der Waals surface area contributed by atoms with E-state index in [1.54, 1.807) is 0 Å². The SMILES string of the molecule is CCCn1c(SCC(NC(C)C)C(=O)O)n[nH]c1=O. The average Bonchev–Trinajstić information content (AvgIpc) is 2.66. The number of aromatic amines is 1. The number of carbonyl (C=O) groups is 1. The highest BCUT2D eigenvalue weighted by Crippen LogP contribution is 2.15. The van der Waals surface area contributed by atoms with E-state index in [9.17, 15) is 9.59 Å². The zero-order valence-corrected chi connectivity index (χ0v) is 12.2. The standard InChI is InChI=1S/C11H20N4O3S/c1-4-5-15-10(18)13-14-11(15)19-6-8(9(16)17)12-7(2)3/h7-8,12H,4-6H2,1-3H3,(H,13,18)(H,16,17). The molecule has 1 aromatic rings. The minimum absolute atomic E-state index is 0.0821. The molecule has 108 valence electrons. The monoisotopic (exact) mass is 288 g/mol. The third-order valence-corrected chi connectivity index (χ3v) is 3.45. The van der Waals surface area contributed by atoms with Crippen molar-refractivity contribution in [1.82, 2.24) is 20.1 Å². The summed E-state index contributed by atoms with van der Waals surface area (Å²) < 4.78 is 1.53. The Balaban J connectivity index is 2.69. The zero-order valence-electron chi connectivity index (χ0n) is 11.3. The van der Waals surface area contributed by atoms with E-state index in [4.69, 9.17) is 5.11 Å². The second kappa shape index (κ2) is 7.34. The summed E-state index contributed by atoms with van der Waals surface area (Å²) in [5.41, 5.74) is -0.256. The van der Waals surface area contributed by atoms with E-state index in [1.165, 1.54) is 16.3 Å². The maximum Gasteiger partial charge on any atom is 0.343 e. The molecule has 19 heavy (non-hydrogen) atoms. The van der Waals surface area contributed by atoms with Gasteiger partial charge < -0.3 is 10.4 Å². The summed E-state index contributed by atoms with van der Waals surface area (Å²) in [5, 5.41) is 18.9. The maximum atomic E-state index is 11.5. The van der Waals surface area contributed by atoms with Crippen molar-refractivity contribution in [2.24, 2.45) is 0 Å². The van der Waals surface area contributed by atoms with Crippen molar-refractivity contribution in [3.8, 4) is 0 Å². The van der Waals surface area contributed by atoms with Crippen LogP contribution in [0.25, 0.3) is 0 Å². The predicted octanol–water partition coefficient (Wildman–Crippen LogP) is 0.525. The second-order valence-electron chi connectivity index (χ2n) is 4.49. The molecule has 8 heteroatoms. The number of nitrogens with one attached hydrogen (secondary N) is 2. The summed E-state index contributed by atoms with van der Waals surface area (Å²) in [7, 11) is 0. The van der Waals surface area contributed by atoms with Gasteiger partial charge in [0.05, 0.1) is 0 Å². The highest BCUT2D eigenvalue weighted by atomic mass is 32.2. The molecule has 0 aliphatic rings. The van der Waals surface area contributed by atoms with Gasteiger partial charge in [0.1, 0.15) is 6.04 Å². The summed E-state index contributed by atoms with van der Waals surface area (Å²) in [4.78, 5) is 22.6. The Morgan fingerprint density at radius 3 is 2.79 bits per heavy atom. The number of nitrogens with zero attached hydrogens (tertiary/aromatic N) is 2. The van der Waals surface area contributed by atoms with Crippen molar-refractivity contribution in [3.05, 3.63) is 10.5 Å². The number of aliphatic carboxylic acids is 1. The molecule has 0 fully saturated rings. The van der Waals surface area contributed by atoms with E-state index in [0.717, 1.165) is 6.42 Å². The van der Waals surface area contributed by atoms with Crippen molar-refractivity contribution in [1.29, 1.82) is 0 Å². The second-order valence-corrected chi connectivity index (χ2v) is 5.47. The van der Waals surface area contributed by atoms with E-state index in [0.29, 0.717) is 17.5 Å². The molecule has 1 atom stereocenters. The number of rotatable bonds is 8. The fourth-order valence-electron chi connectivity index (χ4n) is 1.59. The van der Waals surface area contributed by atoms with Gasteiger partial charge in [-0.1, -0.05) is 32.5 Å². The first-order valence-electron chi connectivity index (χ1n) is 6.22. The first kappa shape index (κ1) is 15.8. The molecule has 0 aliphatic heterocycles. The fraction of sp³-hybridized carbons (Fsp3) is 0.727. The number of aromatic nitrogens is 3. The van der Waals surface area contributed by atoms with Gasteiger partial charge in [0, 0.05) is 18.3 Å². The first-order valence-corrected chi connectivity index (χ1v) is 7.21. The summed E-state index contributed by atoms with van der Waals surface area (Å²) in [5.74, 6) is -0.581. The van der Waals surface area contributed by atoms with Crippen LogP contribution in [0.3, 0.4) is 0 Å².